The second kappa shape index (κ2) is 6.60. The number of rotatable bonds is 5. The van der Waals surface area contributed by atoms with E-state index in [1.807, 2.05) is 20.0 Å². The Balaban J connectivity index is 2.07. The van der Waals surface area contributed by atoms with Crippen LogP contribution in [-0.4, -0.2) is 21.2 Å². The van der Waals surface area contributed by atoms with Gasteiger partial charge in [0, 0.05) is 19.0 Å². The molecule has 5 nitrogen and oxygen atoms in total. The zero-order chi connectivity index (χ0) is 15.5. The predicted molar refractivity (Wildman–Crippen MR) is 85.2 cm³/mol. The maximum absolute atomic E-state index is 12.3. The van der Waals surface area contributed by atoms with E-state index in [0.717, 1.165) is 17.9 Å². The first kappa shape index (κ1) is 16.0. The van der Waals surface area contributed by atoms with Crippen LogP contribution in [0.2, 0.25) is 0 Å². The molecule has 1 aliphatic rings. The average Bonchev–Trinajstić information content (AvgIpc) is 2.81. The normalized spacial score (nSPS) is 19.2. The largest absolute Gasteiger partial charge is 0.318 e. The maximum Gasteiger partial charge on any atom is 0.245 e. The van der Waals surface area contributed by atoms with Crippen molar-refractivity contribution in [1.29, 1.82) is 0 Å². The zero-order valence-corrected chi connectivity index (χ0v) is 13.5. The van der Waals surface area contributed by atoms with Crippen LogP contribution in [0.15, 0.2) is 6.07 Å². The molecular weight excluding hydrogens is 264 g/mol. The lowest BCUT2D eigenvalue weighted by Crippen LogP contribution is -2.48. The molecule has 1 fully saturated rings. The molecule has 1 atom stereocenters. The van der Waals surface area contributed by atoms with Crippen LogP contribution in [0, 0.1) is 0 Å². The number of nitrogens with one attached hydrogen (secondary N) is 1. The number of carbonyl (C=O) groups is 1. The molecule has 118 valence electrons. The quantitative estimate of drug-likeness (QED) is 0.876. The molecule has 21 heavy (non-hydrogen) atoms. The lowest BCUT2D eigenvalue weighted by Gasteiger charge is -2.22. The number of aryl methyl sites for hydroxylation is 1. The smallest absolute Gasteiger partial charge is 0.245 e. The summed E-state index contributed by atoms with van der Waals surface area (Å²) in [6.07, 6.45) is 7.85. The van der Waals surface area contributed by atoms with Crippen molar-refractivity contribution in [3.05, 3.63) is 11.8 Å². The minimum Gasteiger partial charge on any atom is -0.318 e. The van der Waals surface area contributed by atoms with Gasteiger partial charge in [0.05, 0.1) is 11.2 Å². The zero-order valence-electron chi connectivity index (χ0n) is 13.5. The van der Waals surface area contributed by atoms with Crippen molar-refractivity contribution in [3.63, 3.8) is 0 Å². The first-order valence-electron chi connectivity index (χ1n) is 8.08. The summed E-state index contributed by atoms with van der Waals surface area (Å²) in [4.78, 5) is 12.3. The number of carbonyl (C=O) groups excluding carboxylic acids is 1. The summed E-state index contributed by atoms with van der Waals surface area (Å²) in [5.41, 5.74) is 6.35. The number of anilines is 1. The minimum atomic E-state index is -0.829. The van der Waals surface area contributed by atoms with E-state index in [-0.39, 0.29) is 5.91 Å². The molecule has 1 aromatic rings. The van der Waals surface area contributed by atoms with Gasteiger partial charge in [0.15, 0.2) is 0 Å². The van der Waals surface area contributed by atoms with Gasteiger partial charge in [-0.1, -0.05) is 32.6 Å². The number of hydrogen-bond acceptors (Lipinski definition) is 3. The second-order valence-electron chi connectivity index (χ2n) is 6.53. The minimum absolute atomic E-state index is 0.137. The number of nitrogens with two attached hydrogens (primary N) is 1. The van der Waals surface area contributed by atoms with Crippen LogP contribution in [0.3, 0.4) is 0 Å². The van der Waals surface area contributed by atoms with Crippen molar-refractivity contribution < 1.29 is 4.79 Å². The third kappa shape index (κ3) is 3.84. The molecule has 3 N–H and O–H groups in total. The molecule has 1 heterocycles. The highest BCUT2D eigenvalue weighted by atomic mass is 16.2. The third-order valence-corrected chi connectivity index (χ3v) is 4.45. The summed E-state index contributed by atoms with van der Waals surface area (Å²) in [7, 11) is 1.87. The predicted octanol–water partition coefficient (Wildman–Crippen LogP) is 2.92. The second-order valence-corrected chi connectivity index (χ2v) is 6.53. The summed E-state index contributed by atoms with van der Waals surface area (Å²) in [5.74, 6) is 1.14. The van der Waals surface area contributed by atoms with Gasteiger partial charge in [-0.2, -0.15) is 5.10 Å². The molecule has 5 heteroatoms. The Morgan fingerprint density at radius 3 is 2.76 bits per heavy atom. The molecule has 1 amide bonds. The van der Waals surface area contributed by atoms with Crippen molar-refractivity contribution in [1.82, 2.24) is 9.78 Å². The highest BCUT2D eigenvalue weighted by Gasteiger charge is 2.28. The van der Waals surface area contributed by atoms with E-state index >= 15 is 0 Å². The van der Waals surface area contributed by atoms with E-state index in [2.05, 4.69) is 10.4 Å². The molecule has 0 radical (unpaired) electrons. The van der Waals surface area contributed by atoms with E-state index in [4.69, 9.17) is 5.73 Å². The Bertz CT molecular complexity index is 486. The molecule has 0 bridgehead atoms. The molecule has 0 saturated heterocycles. The number of hydrogen-bond donors (Lipinski definition) is 2. The molecule has 1 unspecified atom stereocenters. The van der Waals surface area contributed by atoms with Crippen molar-refractivity contribution in [3.8, 4) is 0 Å². The van der Waals surface area contributed by atoms with E-state index in [1.165, 1.54) is 32.1 Å². The van der Waals surface area contributed by atoms with E-state index in [1.54, 1.807) is 11.6 Å². The Kier molecular flexibility index (Phi) is 5.04. The highest BCUT2D eigenvalue weighted by Crippen LogP contribution is 2.32. The van der Waals surface area contributed by atoms with Crippen molar-refractivity contribution in [2.24, 2.45) is 12.8 Å². The van der Waals surface area contributed by atoms with Crippen molar-refractivity contribution in [2.75, 3.05) is 5.32 Å². The fourth-order valence-electron chi connectivity index (χ4n) is 3.10. The summed E-state index contributed by atoms with van der Waals surface area (Å²) >= 11 is 0. The van der Waals surface area contributed by atoms with E-state index in [0.29, 0.717) is 12.3 Å². The van der Waals surface area contributed by atoms with Gasteiger partial charge in [-0.15, -0.1) is 0 Å². The Morgan fingerprint density at radius 1 is 1.48 bits per heavy atom. The summed E-state index contributed by atoms with van der Waals surface area (Å²) < 4.78 is 1.75. The maximum atomic E-state index is 12.3. The number of aromatic nitrogens is 2. The van der Waals surface area contributed by atoms with Gasteiger partial charge in [0.2, 0.25) is 5.91 Å². The van der Waals surface area contributed by atoms with Crippen LogP contribution in [0.1, 0.15) is 70.4 Å². The van der Waals surface area contributed by atoms with Crippen LogP contribution < -0.4 is 11.1 Å². The monoisotopic (exact) mass is 292 g/mol. The summed E-state index contributed by atoms with van der Waals surface area (Å²) in [6.45, 7) is 3.81. The molecule has 1 aromatic heterocycles. The fraction of sp³-hybridized carbons (Fsp3) is 0.750. The lowest BCUT2D eigenvalue weighted by molar-refractivity contribution is -0.120. The number of amides is 1. The van der Waals surface area contributed by atoms with Gasteiger partial charge in [-0.25, -0.2) is 0 Å². The molecule has 0 aliphatic heterocycles. The van der Waals surface area contributed by atoms with Gasteiger partial charge < -0.3 is 11.1 Å². The van der Waals surface area contributed by atoms with Crippen molar-refractivity contribution >= 4 is 11.7 Å². The molecule has 0 aromatic carbocycles. The first-order valence-corrected chi connectivity index (χ1v) is 8.08. The lowest BCUT2D eigenvalue weighted by atomic mass is 9.87. The molecule has 1 saturated carbocycles. The third-order valence-electron chi connectivity index (χ3n) is 4.45. The highest BCUT2D eigenvalue weighted by molar-refractivity contribution is 5.97. The van der Waals surface area contributed by atoms with Crippen LogP contribution in [0.5, 0.6) is 0 Å². The molecular formula is C16H28N4O. The van der Waals surface area contributed by atoms with Gasteiger partial charge in [0.1, 0.15) is 5.82 Å². The van der Waals surface area contributed by atoms with Crippen LogP contribution in [0.25, 0.3) is 0 Å². The Labute approximate surface area is 127 Å². The van der Waals surface area contributed by atoms with Gasteiger partial charge in [0.25, 0.3) is 0 Å². The summed E-state index contributed by atoms with van der Waals surface area (Å²) in [5, 5.41) is 7.51. The molecule has 2 rings (SSSR count). The first-order chi connectivity index (χ1) is 9.94. The van der Waals surface area contributed by atoms with Crippen LogP contribution in [0.4, 0.5) is 5.82 Å². The topological polar surface area (TPSA) is 72.9 Å². The Morgan fingerprint density at radius 2 is 2.14 bits per heavy atom. The molecule has 1 aliphatic carbocycles. The van der Waals surface area contributed by atoms with Gasteiger partial charge in [-0.3, -0.25) is 9.48 Å². The standard InChI is InChI=1S/C16H28N4O/c1-4-10-16(2,17)15(21)18-14-11-13(19-20(14)3)12-8-6-5-7-9-12/h11-12H,4-10,17H2,1-3H3,(H,18,21). The number of nitrogens with zero attached hydrogens (tertiary/aromatic N) is 2. The molecule has 0 spiro atoms. The average molecular weight is 292 g/mol. The summed E-state index contributed by atoms with van der Waals surface area (Å²) in [6, 6.07) is 2.01. The van der Waals surface area contributed by atoms with Crippen LogP contribution >= 0.6 is 0 Å². The van der Waals surface area contributed by atoms with Gasteiger partial charge in [-0.05, 0) is 26.2 Å². The van der Waals surface area contributed by atoms with Crippen molar-refractivity contribution in [2.45, 2.75) is 70.3 Å². The fourth-order valence-corrected chi connectivity index (χ4v) is 3.10. The van der Waals surface area contributed by atoms with E-state index < -0.39 is 5.54 Å². The van der Waals surface area contributed by atoms with E-state index in [9.17, 15) is 4.79 Å². The Hall–Kier alpha value is -1.36. The van der Waals surface area contributed by atoms with Crippen LogP contribution in [-0.2, 0) is 11.8 Å². The van der Waals surface area contributed by atoms with Gasteiger partial charge >= 0.3 is 0 Å². The SMILES string of the molecule is CCCC(C)(N)C(=O)Nc1cc(C2CCCCC2)nn1C.